The Morgan fingerprint density at radius 2 is 2.07 bits per heavy atom. The molecule has 4 N–H and O–H groups in total. The molecule has 0 bridgehead atoms. The molecular weight excluding hydrogens is 352 g/mol. The minimum absolute atomic E-state index is 0.0608. The Labute approximate surface area is 156 Å². The molecule has 9 heteroatoms. The van der Waals surface area contributed by atoms with Crippen molar-refractivity contribution >= 4 is 29.3 Å². The molecule has 0 saturated carbocycles. The van der Waals surface area contributed by atoms with Crippen molar-refractivity contribution in [2.75, 3.05) is 18.4 Å². The maximum atomic E-state index is 12.8. The number of piperidine rings is 1. The molecule has 1 saturated heterocycles. The molecule has 0 aromatic heterocycles. The van der Waals surface area contributed by atoms with Crippen LogP contribution in [0.3, 0.4) is 0 Å². The maximum absolute atomic E-state index is 12.8. The normalized spacial score (nSPS) is 21.7. The molecule has 2 unspecified atom stereocenters. The molecule has 2 aliphatic rings. The number of benzene rings is 1. The highest BCUT2D eigenvalue weighted by Gasteiger charge is 2.45. The topological polar surface area (TPSA) is 128 Å². The van der Waals surface area contributed by atoms with Crippen molar-refractivity contribution in [1.82, 2.24) is 15.5 Å². The van der Waals surface area contributed by atoms with Crippen LogP contribution in [-0.2, 0) is 14.4 Å². The summed E-state index contributed by atoms with van der Waals surface area (Å²) >= 11 is 0. The molecule has 0 radical (unpaired) electrons. The van der Waals surface area contributed by atoms with Gasteiger partial charge >= 0.3 is 0 Å². The largest absolute Gasteiger partial charge is 0.383 e. The summed E-state index contributed by atoms with van der Waals surface area (Å²) in [5, 5.41) is 18.8. The highest BCUT2D eigenvalue weighted by atomic mass is 16.3. The fraction of sp³-hybridized carbons (Fsp3) is 0.444. The quantitative estimate of drug-likeness (QED) is 0.406. The highest BCUT2D eigenvalue weighted by Crippen LogP contribution is 2.39. The van der Waals surface area contributed by atoms with Gasteiger partial charge in [-0.2, -0.15) is 0 Å². The van der Waals surface area contributed by atoms with Crippen molar-refractivity contribution in [1.29, 1.82) is 0 Å². The molecule has 2 heterocycles. The van der Waals surface area contributed by atoms with E-state index in [4.69, 9.17) is 0 Å². The standard InChI is InChI=1S/C18H22N4O5/c1-2-13(23)20-9-8-19-11-5-3-4-10-15(11)18(27)22(17(10)26)12-6-7-14(24)21-16(12)25/h3-5,12,18-19,27H,2,6-9H2,1H3,(H,20,23)(H,21,24,25). The van der Waals surface area contributed by atoms with Gasteiger partial charge in [-0.15, -0.1) is 0 Å². The first-order valence-electron chi connectivity index (χ1n) is 8.92. The highest BCUT2D eigenvalue weighted by molar-refractivity contribution is 6.06. The summed E-state index contributed by atoms with van der Waals surface area (Å²) in [6.45, 7) is 2.58. The molecule has 1 aromatic rings. The van der Waals surface area contributed by atoms with Crippen molar-refractivity contribution in [3.05, 3.63) is 29.3 Å². The van der Waals surface area contributed by atoms with Gasteiger partial charge in [-0.3, -0.25) is 29.4 Å². The zero-order valence-corrected chi connectivity index (χ0v) is 14.9. The molecule has 1 aromatic carbocycles. The van der Waals surface area contributed by atoms with Crippen molar-refractivity contribution in [3.8, 4) is 0 Å². The number of amides is 4. The second-order valence-corrected chi connectivity index (χ2v) is 6.45. The number of anilines is 1. The number of carbonyl (C=O) groups excluding carboxylic acids is 4. The summed E-state index contributed by atoms with van der Waals surface area (Å²) < 4.78 is 0. The number of rotatable bonds is 6. The van der Waals surface area contributed by atoms with Crippen LogP contribution in [0.25, 0.3) is 0 Å². The van der Waals surface area contributed by atoms with Crippen molar-refractivity contribution < 1.29 is 24.3 Å². The molecule has 2 atom stereocenters. The predicted octanol–water partition coefficient (Wildman–Crippen LogP) is -0.123. The van der Waals surface area contributed by atoms with E-state index >= 15 is 0 Å². The molecule has 27 heavy (non-hydrogen) atoms. The van der Waals surface area contributed by atoms with Gasteiger partial charge in [-0.05, 0) is 18.6 Å². The summed E-state index contributed by atoms with van der Waals surface area (Å²) in [6, 6.07) is 4.11. The molecule has 9 nitrogen and oxygen atoms in total. The molecule has 144 valence electrons. The van der Waals surface area contributed by atoms with Gasteiger partial charge in [0.2, 0.25) is 17.7 Å². The Hall–Kier alpha value is -2.94. The van der Waals surface area contributed by atoms with Gasteiger partial charge in [0.1, 0.15) is 6.04 Å². The van der Waals surface area contributed by atoms with E-state index in [9.17, 15) is 24.3 Å². The molecule has 0 aliphatic carbocycles. The van der Waals surface area contributed by atoms with Crippen LogP contribution < -0.4 is 16.0 Å². The third kappa shape index (κ3) is 3.63. The monoisotopic (exact) mass is 374 g/mol. The molecule has 3 rings (SSSR count). The van der Waals surface area contributed by atoms with E-state index in [1.54, 1.807) is 25.1 Å². The zero-order chi connectivity index (χ0) is 19.6. The van der Waals surface area contributed by atoms with Crippen LogP contribution in [0.4, 0.5) is 5.69 Å². The fourth-order valence-electron chi connectivity index (χ4n) is 3.36. The lowest BCUT2D eigenvalue weighted by atomic mass is 10.0. The van der Waals surface area contributed by atoms with Gasteiger partial charge in [-0.1, -0.05) is 13.0 Å². The Balaban J connectivity index is 1.76. The lowest BCUT2D eigenvalue weighted by molar-refractivity contribution is -0.139. The molecular formula is C18H22N4O5. The van der Waals surface area contributed by atoms with Crippen molar-refractivity contribution in [2.45, 2.75) is 38.5 Å². The van der Waals surface area contributed by atoms with Gasteiger partial charge in [0.25, 0.3) is 5.91 Å². The van der Waals surface area contributed by atoms with Crippen LogP contribution in [0.2, 0.25) is 0 Å². The van der Waals surface area contributed by atoms with Crippen molar-refractivity contribution in [2.24, 2.45) is 0 Å². The minimum atomic E-state index is -1.29. The van der Waals surface area contributed by atoms with E-state index in [0.29, 0.717) is 36.3 Å². The average Bonchev–Trinajstić information content (AvgIpc) is 2.90. The molecule has 0 spiro atoms. The number of carbonyl (C=O) groups is 4. The van der Waals surface area contributed by atoms with Crippen molar-refractivity contribution in [3.63, 3.8) is 0 Å². The third-order valence-electron chi connectivity index (χ3n) is 4.72. The number of hydrogen-bond donors (Lipinski definition) is 4. The van der Waals surface area contributed by atoms with Crippen LogP contribution >= 0.6 is 0 Å². The first-order valence-corrected chi connectivity index (χ1v) is 8.92. The van der Waals surface area contributed by atoms with Gasteiger partial charge < -0.3 is 15.7 Å². The van der Waals surface area contributed by atoms with Crippen LogP contribution in [-0.4, -0.2) is 52.8 Å². The smallest absolute Gasteiger partial charge is 0.257 e. The second kappa shape index (κ2) is 7.75. The Bertz CT molecular complexity index is 794. The number of fused-ring (bicyclic) bond motifs is 1. The van der Waals surface area contributed by atoms with Crippen LogP contribution in [0.5, 0.6) is 0 Å². The number of nitrogens with one attached hydrogen (secondary N) is 3. The Morgan fingerprint density at radius 1 is 1.30 bits per heavy atom. The van der Waals surface area contributed by atoms with E-state index in [2.05, 4.69) is 16.0 Å². The summed E-state index contributed by atoms with van der Waals surface area (Å²) in [7, 11) is 0. The Kier molecular flexibility index (Phi) is 5.41. The molecule has 4 amide bonds. The number of nitrogens with zero attached hydrogens (tertiary/aromatic N) is 1. The SMILES string of the molecule is CCC(=O)NCCNc1cccc2c1C(O)N(C1CCC(=O)NC1=O)C2=O. The van der Waals surface area contributed by atoms with Crippen LogP contribution in [0.15, 0.2) is 18.2 Å². The number of hydrogen-bond acceptors (Lipinski definition) is 6. The van der Waals surface area contributed by atoms with E-state index in [1.165, 1.54) is 0 Å². The van der Waals surface area contributed by atoms with Crippen LogP contribution in [0, 0.1) is 0 Å². The molecule has 1 fully saturated rings. The van der Waals surface area contributed by atoms with Gasteiger partial charge in [0.15, 0.2) is 6.23 Å². The number of aliphatic hydroxyl groups excluding tert-OH is 1. The second-order valence-electron chi connectivity index (χ2n) is 6.45. The fourth-order valence-corrected chi connectivity index (χ4v) is 3.36. The van der Waals surface area contributed by atoms with Gasteiger partial charge in [0, 0.05) is 42.7 Å². The Morgan fingerprint density at radius 3 is 2.78 bits per heavy atom. The summed E-state index contributed by atoms with van der Waals surface area (Å²) in [5.41, 5.74) is 1.28. The summed E-state index contributed by atoms with van der Waals surface area (Å²) in [5.74, 6) is -1.47. The predicted molar refractivity (Wildman–Crippen MR) is 95.5 cm³/mol. The lowest BCUT2D eigenvalue weighted by Gasteiger charge is -2.32. The zero-order valence-electron chi connectivity index (χ0n) is 14.9. The number of aliphatic hydroxyl groups is 1. The number of imide groups is 1. The average molecular weight is 374 g/mol. The summed E-state index contributed by atoms with van der Waals surface area (Å²) in [4.78, 5) is 48.6. The molecule has 2 aliphatic heterocycles. The van der Waals surface area contributed by atoms with E-state index < -0.39 is 24.1 Å². The van der Waals surface area contributed by atoms with E-state index in [1.807, 2.05) is 0 Å². The third-order valence-corrected chi connectivity index (χ3v) is 4.72. The van der Waals surface area contributed by atoms with Gasteiger partial charge in [0.05, 0.1) is 0 Å². The van der Waals surface area contributed by atoms with Crippen LogP contribution in [0.1, 0.15) is 48.3 Å². The maximum Gasteiger partial charge on any atom is 0.257 e. The summed E-state index contributed by atoms with van der Waals surface area (Å²) in [6.07, 6.45) is -0.599. The first-order chi connectivity index (χ1) is 12.9. The van der Waals surface area contributed by atoms with Gasteiger partial charge in [-0.25, -0.2) is 0 Å². The van der Waals surface area contributed by atoms with E-state index in [-0.39, 0.29) is 24.7 Å². The first kappa shape index (κ1) is 18.8. The minimum Gasteiger partial charge on any atom is -0.383 e. The lowest BCUT2D eigenvalue weighted by Crippen LogP contribution is -2.53. The van der Waals surface area contributed by atoms with E-state index in [0.717, 1.165) is 4.90 Å².